The Morgan fingerprint density at radius 2 is 2.06 bits per heavy atom. The third-order valence-electron chi connectivity index (χ3n) is 4.07. The van der Waals surface area contributed by atoms with E-state index in [0.717, 1.165) is 12.0 Å². The third-order valence-corrected chi connectivity index (χ3v) is 4.07. The predicted molar refractivity (Wildman–Crippen MR) is 70.6 cm³/mol. The Kier molecular flexibility index (Phi) is 4.18. The van der Waals surface area contributed by atoms with Crippen LogP contribution in [0.2, 0.25) is 0 Å². The lowest BCUT2D eigenvalue weighted by atomic mass is 9.52. The molecule has 1 aliphatic rings. The minimum Gasteiger partial charge on any atom is -0.469 e. The Labute approximate surface area is 105 Å². The predicted octanol–water partition coefficient (Wildman–Crippen LogP) is 3.73. The highest BCUT2D eigenvalue weighted by Crippen LogP contribution is 2.55. The molecule has 0 heterocycles. The molecular formula is C15H24O2. The fourth-order valence-electron chi connectivity index (χ4n) is 2.78. The van der Waals surface area contributed by atoms with Gasteiger partial charge in [0.1, 0.15) is 0 Å². The summed E-state index contributed by atoms with van der Waals surface area (Å²) in [5, 5.41) is 0. The van der Waals surface area contributed by atoms with Gasteiger partial charge < -0.3 is 4.74 Å². The summed E-state index contributed by atoms with van der Waals surface area (Å²) in [6.07, 6.45) is 3.79. The van der Waals surface area contributed by atoms with Crippen molar-refractivity contribution < 1.29 is 9.53 Å². The summed E-state index contributed by atoms with van der Waals surface area (Å²) in [4.78, 5) is 11.2. The van der Waals surface area contributed by atoms with Gasteiger partial charge in [-0.15, -0.1) is 0 Å². The summed E-state index contributed by atoms with van der Waals surface area (Å²) in [5.41, 5.74) is 2.64. The highest BCUT2D eigenvalue weighted by molar-refractivity contribution is 5.72. The van der Waals surface area contributed by atoms with Crippen molar-refractivity contribution in [3.8, 4) is 0 Å². The molecule has 0 aromatic heterocycles. The molecule has 2 nitrogen and oxygen atoms in total. The van der Waals surface area contributed by atoms with Crippen LogP contribution in [0, 0.1) is 17.3 Å². The van der Waals surface area contributed by atoms with E-state index in [0.29, 0.717) is 18.3 Å². The van der Waals surface area contributed by atoms with E-state index in [-0.39, 0.29) is 11.4 Å². The summed E-state index contributed by atoms with van der Waals surface area (Å²) < 4.78 is 4.67. The third kappa shape index (κ3) is 2.99. The average molecular weight is 236 g/mol. The molecule has 1 aliphatic carbocycles. The SMILES string of the molecule is C=C(C)C1CC(C=C(C)CC(=O)OC)C1(C)C. The number of ether oxygens (including phenoxy) is 1. The van der Waals surface area contributed by atoms with Gasteiger partial charge in [0.05, 0.1) is 13.5 Å². The molecule has 0 N–H and O–H groups in total. The number of methoxy groups -OCH3 is 1. The molecule has 1 rings (SSSR count). The van der Waals surface area contributed by atoms with E-state index in [1.807, 2.05) is 6.92 Å². The standard InChI is InChI=1S/C15H24O2/c1-10(2)13-9-12(15(13,4)5)7-11(3)8-14(16)17-6/h7,12-13H,1,8-9H2,2-6H3. The van der Waals surface area contributed by atoms with E-state index in [1.54, 1.807) is 0 Å². The molecule has 17 heavy (non-hydrogen) atoms. The molecule has 0 aromatic carbocycles. The molecule has 0 saturated heterocycles. The van der Waals surface area contributed by atoms with Gasteiger partial charge in [-0.2, -0.15) is 0 Å². The number of hydrogen-bond acceptors (Lipinski definition) is 2. The highest BCUT2D eigenvalue weighted by Gasteiger charge is 2.46. The zero-order valence-electron chi connectivity index (χ0n) is 11.7. The molecular weight excluding hydrogens is 212 g/mol. The number of carbonyl (C=O) groups excluding carboxylic acids is 1. The minimum atomic E-state index is -0.160. The monoisotopic (exact) mass is 236 g/mol. The second kappa shape index (κ2) is 5.07. The Morgan fingerprint density at radius 1 is 1.47 bits per heavy atom. The minimum absolute atomic E-state index is 0.160. The molecule has 0 radical (unpaired) electrons. The van der Waals surface area contributed by atoms with Crippen LogP contribution in [0.1, 0.15) is 40.5 Å². The first kappa shape index (κ1) is 14.0. The maximum atomic E-state index is 11.2. The molecule has 0 bridgehead atoms. The lowest BCUT2D eigenvalue weighted by molar-refractivity contribution is -0.139. The summed E-state index contributed by atoms with van der Waals surface area (Å²) >= 11 is 0. The first-order chi connectivity index (χ1) is 7.78. The molecule has 1 saturated carbocycles. The zero-order valence-corrected chi connectivity index (χ0v) is 11.7. The fraction of sp³-hybridized carbons (Fsp3) is 0.667. The Balaban J connectivity index is 2.63. The summed E-state index contributed by atoms with van der Waals surface area (Å²) in [6, 6.07) is 0. The fourth-order valence-corrected chi connectivity index (χ4v) is 2.78. The zero-order chi connectivity index (χ0) is 13.2. The van der Waals surface area contributed by atoms with Crippen LogP contribution in [0.15, 0.2) is 23.8 Å². The van der Waals surface area contributed by atoms with Gasteiger partial charge >= 0.3 is 5.97 Å². The van der Waals surface area contributed by atoms with Crippen molar-refractivity contribution in [3.63, 3.8) is 0 Å². The Morgan fingerprint density at radius 3 is 2.47 bits per heavy atom. The van der Waals surface area contributed by atoms with Gasteiger partial charge in [-0.25, -0.2) is 0 Å². The topological polar surface area (TPSA) is 26.3 Å². The smallest absolute Gasteiger partial charge is 0.309 e. The quantitative estimate of drug-likeness (QED) is 0.549. The van der Waals surface area contributed by atoms with Gasteiger partial charge in [0.25, 0.3) is 0 Å². The van der Waals surface area contributed by atoms with Crippen molar-refractivity contribution in [2.75, 3.05) is 7.11 Å². The van der Waals surface area contributed by atoms with E-state index in [2.05, 4.69) is 38.2 Å². The van der Waals surface area contributed by atoms with Gasteiger partial charge in [0.15, 0.2) is 0 Å². The van der Waals surface area contributed by atoms with Crippen molar-refractivity contribution in [1.82, 2.24) is 0 Å². The van der Waals surface area contributed by atoms with Crippen molar-refractivity contribution in [3.05, 3.63) is 23.8 Å². The second-order valence-corrected chi connectivity index (χ2v) is 5.83. The van der Waals surface area contributed by atoms with Crippen LogP contribution >= 0.6 is 0 Å². The Hall–Kier alpha value is -1.05. The van der Waals surface area contributed by atoms with Crippen molar-refractivity contribution in [2.45, 2.75) is 40.5 Å². The lowest BCUT2D eigenvalue weighted by Crippen LogP contribution is -2.44. The van der Waals surface area contributed by atoms with E-state index in [1.165, 1.54) is 12.7 Å². The summed E-state index contributed by atoms with van der Waals surface area (Å²) in [5.74, 6) is 0.996. The molecule has 2 atom stereocenters. The van der Waals surface area contributed by atoms with Gasteiger partial charge in [-0.05, 0) is 37.5 Å². The van der Waals surface area contributed by atoms with Gasteiger partial charge in [-0.3, -0.25) is 4.79 Å². The van der Waals surface area contributed by atoms with E-state index in [9.17, 15) is 4.79 Å². The van der Waals surface area contributed by atoms with E-state index >= 15 is 0 Å². The molecule has 1 fully saturated rings. The molecule has 0 spiro atoms. The van der Waals surface area contributed by atoms with Crippen LogP contribution in [0.3, 0.4) is 0 Å². The number of rotatable bonds is 4. The molecule has 2 unspecified atom stereocenters. The number of esters is 1. The van der Waals surface area contributed by atoms with Crippen LogP contribution in [-0.4, -0.2) is 13.1 Å². The number of allylic oxidation sites excluding steroid dienone is 2. The summed E-state index contributed by atoms with van der Waals surface area (Å²) in [7, 11) is 1.43. The van der Waals surface area contributed by atoms with Crippen molar-refractivity contribution in [1.29, 1.82) is 0 Å². The maximum absolute atomic E-state index is 11.2. The average Bonchev–Trinajstić information content (AvgIpc) is 2.22. The van der Waals surface area contributed by atoms with E-state index in [4.69, 9.17) is 0 Å². The lowest BCUT2D eigenvalue weighted by Gasteiger charge is -2.52. The normalized spacial score (nSPS) is 27.2. The highest BCUT2D eigenvalue weighted by atomic mass is 16.5. The molecule has 0 aromatic rings. The largest absolute Gasteiger partial charge is 0.469 e. The number of carbonyl (C=O) groups is 1. The van der Waals surface area contributed by atoms with Gasteiger partial charge in [0.2, 0.25) is 0 Å². The van der Waals surface area contributed by atoms with Crippen LogP contribution < -0.4 is 0 Å². The van der Waals surface area contributed by atoms with E-state index < -0.39 is 0 Å². The molecule has 0 aliphatic heterocycles. The molecule has 2 heteroatoms. The number of hydrogen-bond donors (Lipinski definition) is 0. The van der Waals surface area contributed by atoms with Crippen LogP contribution in [0.4, 0.5) is 0 Å². The molecule has 0 amide bonds. The van der Waals surface area contributed by atoms with Crippen LogP contribution in [0.25, 0.3) is 0 Å². The van der Waals surface area contributed by atoms with Crippen LogP contribution in [-0.2, 0) is 9.53 Å². The van der Waals surface area contributed by atoms with Gasteiger partial charge in [-0.1, -0.05) is 37.6 Å². The maximum Gasteiger partial charge on any atom is 0.309 e. The first-order valence-corrected chi connectivity index (χ1v) is 6.18. The first-order valence-electron chi connectivity index (χ1n) is 6.18. The van der Waals surface area contributed by atoms with Crippen LogP contribution in [0.5, 0.6) is 0 Å². The van der Waals surface area contributed by atoms with Gasteiger partial charge in [0, 0.05) is 0 Å². The van der Waals surface area contributed by atoms with Crippen molar-refractivity contribution in [2.24, 2.45) is 17.3 Å². The Bertz CT molecular complexity index is 350. The summed E-state index contributed by atoms with van der Waals surface area (Å²) in [6.45, 7) is 12.7. The van der Waals surface area contributed by atoms with Crippen molar-refractivity contribution >= 4 is 5.97 Å². The molecule has 96 valence electrons. The second-order valence-electron chi connectivity index (χ2n) is 5.83.